The third kappa shape index (κ3) is 6.77. The van der Waals surface area contributed by atoms with E-state index in [4.69, 9.17) is 18.9 Å². The van der Waals surface area contributed by atoms with Crippen LogP contribution in [-0.4, -0.2) is 39.8 Å². The van der Waals surface area contributed by atoms with E-state index in [-0.39, 0.29) is 0 Å². The van der Waals surface area contributed by atoms with Crippen LogP contribution in [0.4, 0.5) is 0 Å². The van der Waals surface area contributed by atoms with Gasteiger partial charge in [-0.2, -0.15) is 0 Å². The van der Waals surface area contributed by atoms with E-state index in [0.29, 0.717) is 13.6 Å². The zero-order valence-electron chi connectivity index (χ0n) is 18.3. The summed E-state index contributed by atoms with van der Waals surface area (Å²) in [6.45, 7) is 4.89. The molecule has 2 N–H and O–H groups in total. The van der Waals surface area contributed by atoms with Gasteiger partial charge in [-0.15, -0.1) is 0 Å². The molecule has 2 aliphatic heterocycles. The van der Waals surface area contributed by atoms with Crippen LogP contribution in [-0.2, 0) is 12.8 Å². The van der Waals surface area contributed by atoms with Crippen LogP contribution < -0.4 is 29.6 Å². The van der Waals surface area contributed by atoms with Gasteiger partial charge in [0.2, 0.25) is 13.6 Å². The summed E-state index contributed by atoms with van der Waals surface area (Å²) in [6, 6.07) is 12.4. The van der Waals surface area contributed by atoms with Crippen molar-refractivity contribution in [1.29, 1.82) is 0 Å². The molecule has 0 bridgehead atoms. The molecule has 0 unspecified atom stereocenters. The smallest absolute Gasteiger partial charge is 0.231 e. The Kier molecular flexibility index (Phi) is 8.30. The average Bonchev–Trinajstić information content (AvgIpc) is 3.45. The second kappa shape index (κ2) is 11.8. The van der Waals surface area contributed by atoms with Crippen LogP contribution in [0, 0.1) is 0 Å². The summed E-state index contributed by atoms with van der Waals surface area (Å²) < 4.78 is 21.6. The largest absolute Gasteiger partial charge is 0.454 e. The molecule has 0 atom stereocenters. The number of hydrogen-bond acceptors (Lipinski definition) is 6. The second-order valence-electron chi connectivity index (χ2n) is 8.14. The summed E-state index contributed by atoms with van der Waals surface area (Å²) in [5.74, 6) is 3.47. The number of rotatable bonds is 14. The van der Waals surface area contributed by atoms with Gasteiger partial charge in [-0.3, -0.25) is 0 Å². The van der Waals surface area contributed by atoms with Gasteiger partial charge in [-0.1, -0.05) is 31.4 Å². The number of benzene rings is 2. The van der Waals surface area contributed by atoms with Crippen LogP contribution in [0.15, 0.2) is 36.4 Å². The molecule has 0 fully saturated rings. The highest BCUT2D eigenvalue weighted by Crippen LogP contribution is 2.33. The normalized spacial score (nSPS) is 13.7. The number of hydrogen-bond donors (Lipinski definition) is 2. The van der Waals surface area contributed by atoms with Gasteiger partial charge in [0, 0.05) is 0 Å². The highest BCUT2D eigenvalue weighted by Gasteiger charge is 2.13. The van der Waals surface area contributed by atoms with Gasteiger partial charge in [-0.05, 0) is 87.3 Å². The van der Waals surface area contributed by atoms with Crippen molar-refractivity contribution < 1.29 is 18.9 Å². The summed E-state index contributed by atoms with van der Waals surface area (Å²) in [7, 11) is 0. The number of unbranched alkanes of at least 4 members (excludes halogenated alkanes) is 4. The van der Waals surface area contributed by atoms with Crippen LogP contribution in [0.3, 0.4) is 0 Å². The summed E-state index contributed by atoms with van der Waals surface area (Å²) in [4.78, 5) is 0. The summed E-state index contributed by atoms with van der Waals surface area (Å²) in [5.41, 5.74) is 2.59. The lowest BCUT2D eigenvalue weighted by atomic mass is 10.1. The van der Waals surface area contributed by atoms with E-state index in [1.807, 2.05) is 12.1 Å². The minimum atomic E-state index is 0.342. The first-order chi connectivity index (χ1) is 15.4. The Hall–Kier alpha value is -2.44. The van der Waals surface area contributed by atoms with E-state index in [9.17, 15) is 0 Å². The van der Waals surface area contributed by atoms with E-state index < -0.39 is 0 Å². The van der Waals surface area contributed by atoms with Gasteiger partial charge in [0.25, 0.3) is 0 Å². The third-order valence-corrected chi connectivity index (χ3v) is 5.76. The Labute approximate surface area is 185 Å². The molecule has 6 nitrogen and oxygen atoms in total. The molecule has 2 aromatic rings. The quantitative estimate of drug-likeness (QED) is 0.444. The monoisotopic (exact) mass is 426 g/mol. The van der Waals surface area contributed by atoms with E-state index in [1.165, 1.54) is 43.2 Å². The lowest BCUT2D eigenvalue weighted by Crippen LogP contribution is -2.19. The first-order valence-electron chi connectivity index (χ1n) is 11.6. The van der Waals surface area contributed by atoms with E-state index in [1.54, 1.807) is 0 Å². The Morgan fingerprint density at radius 3 is 1.48 bits per heavy atom. The molecule has 0 aliphatic carbocycles. The zero-order valence-corrected chi connectivity index (χ0v) is 18.3. The molecular formula is C25H34N2O4. The van der Waals surface area contributed by atoms with Crippen molar-refractivity contribution in [3.8, 4) is 23.0 Å². The maximum absolute atomic E-state index is 5.43. The van der Waals surface area contributed by atoms with Crippen molar-refractivity contribution >= 4 is 0 Å². The topological polar surface area (TPSA) is 61.0 Å². The van der Waals surface area contributed by atoms with Crippen molar-refractivity contribution in [2.75, 3.05) is 39.8 Å². The van der Waals surface area contributed by atoms with Gasteiger partial charge in [0.15, 0.2) is 23.0 Å². The summed E-state index contributed by atoms with van der Waals surface area (Å²) in [6.07, 6.45) is 8.45. The maximum Gasteiger partial charge on any atom is 0.231 e. The van der Waals surface area contributed by atoms with Crippen LogP contribution in [0.1, 0.15) is 43.2 Å². The Morgan fingerprint density at radius 1 is 0.516 bits per heavy atom. The molecule has 0 radical (unpaired) electrons. The van der Waals surface area contributed by atoms with Crippen molar-refractivity contribution in [3.05, 3.63) is 47.5 Å². The maximum atomic E-state index is 5.43. The second-order valence-corrected chi connectivity index (χ2v) is 8.14. The molecule has 2 aliphatic rings. The fraction of sp³-hybridized carbons (Fsp3) is 0.520. The van der Waals surface area contributed by atoms with Crippen molar-refractivity contribution in [1.82, 2.24) is 10.6 Å². The van der Waals surface area contributed by atoms with Gasteiger partial charge < -0.3 is 29.6 Å². The summed E-state index contributed by atoms with van der Waals surface area (Å²) in [5, 5.41) is 7.10. The molecule has 0 spiro atoms. The molecule has 0 amide bonds. The standard InChI is InChI=1S/C25H34N2O4/c1(2-4-12-26-14-10-20-6-8-22-24(16-20)30-18-28-22)3-5-13-27-15-11-21-7-9-23-25(17-21)31-19-29-23/h6-9,16-17,26-27H,1-5,10-15,18-19H2. The predicted molar refractivity (Wildman–Crippen MR) is 121 cm³/mol. The molecule has 2 heterocycles. The highest BCUT2D eigenvalue weighted by atomic mass is 16.7. The lowest BCUT2D eigenvalue weighted by Gasteiger charge is -2.07. The molecule has 2 aromatic carbocycles. The highest BCUT2D eigenvalue weighted by molar-refractivity contribution is 5.45. The van der Waals surface area contributed by atoms with Gasteiger partial charge in [0.1, 0.15) is 0 Å². The Morgan fingerprint density at radius 2 is 0.968 bits per heavy atom. The average molecular weight is 427 g/mol. The predicted octanol–water partition coefficient (Wildman–Crippen LogP) is 4.06. The zero-order chi connectivity index (χ0) is 21.1. The number of nitrogens with one attached hydrogen (secondary N) is 2. The van der Waals surface area contributed by atoms with E-state index in [2.05, 4.69) is 34.9 Å². The van der Waals surface area contributed by atoms with Crippen LogP contribution >= 0.6 is 0 Å². The van der Waals surface area contributed by atoms with Crippen molar-refractivity contribution in [3.63, 3.8) is 0 Å². The van der Waals surface area contributed by atoms with Crippen molar-refractivity contribution in [2.24, 2.45) is 0 Å². The molecular weight excluding hydrogens is 392 g/mol. The van der Waals surface area contributed by atoms with Gasteiger partial charge in [-0.25, -0.2) is 0 Å². The lowest BCUT2D eigenvalue weighted by molar-refractivity contribution is 0.173. The van der Waals surface area contributed by atoms with Crippen LogP contribution in [0.5, 0.6) is 23.0 Å². The van der Waals surface area contributed by atoms with E-state index >= 15 is 0 Å². The SMILES string of the molecule is c1cc2c(cc1CCNCCCCCCCNCCc1ccc3c(c1)OCO3)OCO2. The third-order valence-electron chi connectivity index (χ3n) is 5.76. The van der Waals surface area contributed by atoms with Gasteiger partial charge >= 0.3 is 0 Å². The number of fused-ring (bicyclic) bond motifs is 2. The Bertz CT molecular complexity index is 760. The molecule has 0 saturated carbocycles. The fourth-order valence-corrected chi connectivity index (χ4v) is 3.94. The van der Waals surface area contributed by atoms with Crippen LogP contribution in [0.2, 0.25) is 0 Å². The van der Waals surface area contributed by atoms with Crippen LogP contribution in [0.25, 0.3) is 0 Å². The molecule has 0 saturated heterocycles. The molecule has 168 valence electrons. The van der Waals surface area contributed by atoms with Gasteiger partial charge in [0.05, 0.1) is 0 Å². The molecule has 31 heavy (non-hydrogen) atoms. The minimum absolute atomic E-state index is 0.342. The number of ether oxygens (including phenoxy) is 4. The first-order valence-corrected chi connectivity index (χ1v) is 11.6. The first kappa shape index (κ1) is 21.8. The molecule has 0 aromatic heterocycles. The van der Waals surface area contributed by atoms with Crippen molar-refractivity contribution in [2.45, 2.75) is 44.9 Å². The fourth-order valence-electron chi connectivity index (χ4n) is 3.94. The molecule has 4 rings (SSSR count). The van der Waals surface area contributed by atoms with E-state index in [0.717, 1.165) is 62.0 Å². The Balaban J connectivity index is 0.934. The molecule has 6 heteroatoms. The minimum Gasteiger partial charge on any atom is -0.454 e. The summed E-state index contributed by atoms with van der Waals surface area (Å²) >= 11 is 0.